The van der Waals surface area contributed by atoms with Crippen molar-refractivity contribution in [1.29, 1.82) is 5.26 Å². The summed E-state index contributed by atoms with van der Waals surface area (Å²) in [5.41, 5.74) is -0.155. The van der Waals surface area contributed by atoms with Crippen LogP contribution in [0.3, 0.4) is 0 Å². The van der Waals surface area contributed by atoms with Crippen LogP contribution in [0.2, 0.25) is 0 Å². The maximum atomic E-state index is 15.5. The summed E-state index contributed by atoms with van der Waals surface area (Å²) < 4.78 is 61.6. The van der Waals surface area contributed by atoms with E-state index in [0.29, 0.717) is 33.5 Å². The number of phosphoric ester groups is 1. The predicted molar refractivity (Wildman–Crippen MR) is 163 cm³/mol. The van der Waals surface area contributed by atoms with E-state index < -0.39 is 50.6 Å². The van der Waals surface area contributed by atoms with Crippen molar-refractivity contribution in [3.05, 3.63) is 124 Å². The number of nitriles is 1. The summed E-state index contributed by atoms with van der Waals surface area (Å²) >= 11 is 1.18. The Morgan fingerprint density at radius 3 is 2.46 bits per heavy atom. The first-order valence-electron chi connectivity index (χ1n) is 14.0. The van der Waals surface area contributed by atoms with Crippen molar-refractivity contribution in [2.24, 2.45) is 0 Å². The number of aromatic nitrogens is 4. The Morgan fingerprint density at radius 1 is 1.08 bits per heavy atom. The van der Waals surface area contributed by atoms with Gasteiger partial charge in [-0.25, -0.2) is 33.0 Å². The molecule has 0 aliphatic heterocycles. The number of rotatable bonds is 13. The summed E-state index contributed by atoms with van der Waals surface area (Å²) in [5.74, 6) is -2.83. The second-order valence-corrected chi connectivity index (χ2v) is 12.3. The molecule has 0 bridgehead atoms. The van der Waals surface area contributed by atoms with E-state index in [0.717, 1.165) is 12.1 Å². The second kappa shape index (κ2) is 17.0. The first-order chi connectivity index (χ1) is 23.4. The molecule has 0 radical (unpaired) electrons. The molecule has 5 rings (SSSR count). The maximum Gasteiger partial charge on any atom is 1.00 e. The summed E-state index contributed by atoms with van der Waals surface area (Å²) in [7, 11) is -4.94. The summed E-state index contributed by atoms with van der Waals surface area (Å²) in [6.45, 7) is -1.70. The van der Waals surface area contributed by atoms with E-state index in [9.17, 15) is 23.4 Å². The first-order valence-corrected chi connectivity index (χ1v) is 16.3. The van der Waals surface area contributed by atoms with Crippen molar-refractivity contribution in [1.82, 2.24) is 19.7 Å². The van der Waals surface area contributed by atoms with Gasteiger partial charge >= 0.3 is 41.7 Å². The number of phosphoric acid groups is 1. The molecule has 0 aliphatic rings. The van der Waals surface area contributed by atoms with Gasteiger partial charge in [-0.3, -0.25) is 4.57 Å². The van der Waals surface area contributed by atoms with E-state index in [1.165, 1.54) is 52.9 Å². The van der Waals surface area contributed by atoms with Crippen molar-refractivity contribution in [2.45, 2.75) is 25.2 Å². The Morgan fingerprint density at radius 2 is 1.82 bits per heavy atom. The van der Waals surface area contributed by atoms with Crippen LogP contribution in [0, 0.1) is 23.0 Å². The molecule has 2 unspecified atom stereocenters. The molecule has 0 fully saturated rings. The Kier molecular flexibility index (Phi) is 13.1. The zero-order chi connectivity index (χ0) is 35.0. The number of carbonyl (C=O) groups is 2. The van der Waals surface area contributed by atoms with Gasteiger partial charge in [0.05, 0.1) is 41.0 Å². The molecule has 2 aromatic heterocycles. The van der Waals surface area contributed by atoms with E-state index in [4.69, 9.17) is 24.4 Å². The Hall–Kier alpha value is -4.37. The molecular weight excluding hydrogens is 710 g/mol. The van der Waals surface area contributed by atoms with Gasteiger partial charge in [-0.2, -0.15) is 10.4 Å². The van der Waals surface area contributed by atoms with Gasteiger partial charge in [0.1, 0.15) is 24.3 Å². The average molecular weight is 734 g/mol. The number of thiazole rings is 1. The topological polar surface area (TPSA) is 199 Å². The molecule has 50 heavy (non-hydrogen) atoms. The van der Waals surface area contributed by atoms with E-state index >= 15 is 4.39 Å². The van der Waals surface area contributed by atoms with Crippen LogP contribution in [0.1, 0.15) is 32.1 Å². The molecule has 3 aromatic carbocycles. The fourth-order valence-electron chi connectivity index (χ4n) is 4.58. The maximum absolute atomic E-state index is 15.5. The molecule has 1 N–H and O–H groups in total. The number of benzene rings is 3. The SMILES string of the molecule is N#Cc1ccc(-c2csc(CC(Cn3cncn3)(OC(=O)OCOC(=O)c3ccc(COP(=O)([O-])O)cc3)c3ccc(F)cc3F)n2)cc1.[Na+]. The summed E-state index contributed by atoms with van der Waals surface area (Å²) in [6.07, 6.45) is 0.903. The molecule has 0 saturated heterocycles. The van der Waals surface area contributed by atoms with Gasteiger partial charge in [0.15, 0.2) is 5.60 Å². The number of hydrogen-bond acceptors (Lipinski definition) is 13. The van der Waals surface area contributed by atoms with Crippen LogP contribution >= 0.6 is 19.2 Å². The van der Waals surface area contributed by atoms with Crippen molar-refractivity contribution < 1.29 is 81.0 Å². The number of esters is 1. The van der Waals surface area contributed by atoms with Gasteiger partial charge in [-0.15, -0.1) is 11.3 Å². The average Bonchev–Trinajstić information content (AvgIpc) is 3.76. The summed E-state index contributed by atoms with van der Waals surface area (Å²) in [5, 5.41) is 15.3. The number of hydrogen-bond donors (Lipinski definition) is 1. The van der Waals surface area contributed by atoms with Gasteiger partial charge in [0.25, 0.3) is 7.82 Å². The smallest absolute Gasteiger partial charge is 0.756 e. The third-order valence-corrected chi connectivity index (χ3v) is 8.14. The standard InChI is InChI=1S/C31H24F2N5O9PS.Na/c32-24-9-10-25(26(33)11-24)31(16-38-18-35-17-36-38,12-28-37-27(15-49-28)22-5-1-20(13-34)2-6-22)47-30(40)45-19-44-29(39)23-7-3-21(4-8-23)14-46-48(41,42)43;/h1-11,15,17-18H,12,14,16,19H2,(H2,41,42,43);/q;+1/p-1. The Bertz CT molecular complexity index is 2020. The fraction of sp³-hybridized carbons (Fsp3) is 0.161. The normalized spacial score (nSPS) is 13.2. The second-order valence-electron chi connectivity index (χ2n) is 10.2. The molecule has 2 atom stereocenters. The predicted octanol–water partition coefficient (Wildman–Crippen LogP) is 1.64. The van der Waals surface area contributed by atoms with Crippen LogP contribution in [0.4, 0.5) is 13.6 Å². The minimum Gasteiger partial charge on any atom is -0.756 e. The summed E-state index contributed by atoms with van der Waals surface area (Å²) in [6, 6.07) is 16.7. The molecule has 14 nitrogen and oxygen atoms in total. The van der Waals surface area contributed by atoms with Crippen LogP contribution in [0.25, 0.3) is 11.3 Å². The zero-order valence-electron chi connectivity index (χ0n) is 26.0. The molecule has 252 valence electrons. The third-order valence-electron chi connectivity index (χ3n) is 6.83. The van der Waals surface area contributed by atoms with Crippen LogP contribution in [-0.2, 0) is 48.5 Å². The molecular formula is C31H23F2N5NaO9PS. The van der Waals surface area contributed by atoms with Gasteiger partial charge in [0.2, 0.25) is 6.79 Å². The molecule has 19 heteroatoms. The third kappa shape index (κ3) is 10.3. The van der Waals surface area contributed by atoms with E-state index in [1.807, 2.05) is 6.07 Å². The van der Waals surface area contributed by atoms with Crippen LogP contribution in [0.15, 0.2) is 84.8 Å². The van der Waals surface area contributed by atoms with Crippen LogP contribution in [-0.4, -0.2) is 43.6 Å². The van der Waals surface area contributed by atoms with Gasteiger partial charge in [0, 0.05) is 29.0 Å². The summed E-state index contributed by atoms with van der Waals surface area (Å²) in [4.78, 5) is 53.6. The minimum atomic E-state index is -4.94. The van der Waals surface area contributed by atoms with Crippen molar-refractivity contribution in [3.8, 4) is 17.3 Å². The minimum absolute atomic E-state index is 0. The van der Waals surface area contributed by atoms with E-state index in [-0.39, 0.29) is 53.6 Å². The van der Waals surface area contributed by atoms with E-state index in [2.05, 4.69) is 19.6 Å². The van der Waals surface area contributed by atoms with Crippen LogP contribution < -0.4 is 34.5 Å². The Balaban J connectivity index is 0.00000562. The Labute approximate surface area is 308 Å². The van der Waals surface area contributed by atoms with Crippen molar-refractivity contribution in [3.63, 3.8) is 0 Å². The fourth-order valence-corrected chi connectivity index (χ4v) is 5.79. The van der Waals surface area contributed by atoms with Gasteiger partial charge < -0.3 is 28.5 Å². The number of halogens is 2. The van der Waals surface area contributed by atoms with Gasteiger partial charge in [-0.1, -0.05) is 24.3 Å². The largest absolute Gasteiger partial charge is 1.00 e. The monoisotopic (exact) mass is 733 g/mol. The quantitative estimate of drug-likeness (QED) is 0.0794. The molecule has 5 aromatic rings. The molecule has 0 amide bonds. The van der Waals surface area contributed by atoms with Gasteiger partial charge in [-0.05, 0) is 42.0 Å². The first kappa shape index (κ1) is 38.4. The number of nitrogens with zero attached hydrogens (tertiary/aromatic N) is 5. The van der Waals surface area contributed by atoms with E-state index in [1.54, 1.807) is 29.6 Å². The zero-order valence-corrected chi connectivity index (χ0v) is 29.7. The molecule has 0 spiro atoms. The van der Waals surface area contributed by atoms with Crippen molar-refractivity contribution >= 4 is 31.3 Å². The van der Waals surface area contributed by atoms with Crippen LogP contribution in [0.5, 0.6) is 0 Å². The molecule has 0 saturated carbocycles. The number of ether oxygens (including phenoxy) is 3. The molecule has 2 heterocycles. The number of carbonyl (C=O) groups excluding carboxylic acids is 2. The van der Waals surface area contributed by atoms with Crippen molar-refractivity contribution in [2.75, 3.05) is 6.79 Å². The molecule has 0 aliphatic carbocycles.